The monoisotopic (exact) mass is 430 g/mol. The highest BCUT2D eigenvalue weighted by Crippen LogP contribution is 2.31. The number of carbonyl (C=O) groups is 2. The van der Waals surface area contributed by atoms with E-state index >= 15 is 0 Å². The lowest BCUT2D eigenvalue weighted by atomic mass is 10.1. The number of ether oxygens (including phenoxy) is 3. The predicted octanol–water partition coefficient (Wildman–Crippen LogP) is 3.76. The van der Waals surface area contributed by atoms with Crippen molar-refractivity contribution < 1.29 is 28.2 Å². The molecule has 2 amide bonds. The van der Waals surface area contributed by atoms with E-state index in [-0.39, 0.29) is 23.0 Å². The Bertz CT molecular complexity index is 947. The van der Waals surface area contributed by atoms with E-state index in [9.17, 15) is 14.0 Å². The van der Waals surface area contributed by atoms with Crippen LogP contribution in [0.2, 0.25) is 0 Å². The molecule has 0 fully saturated rings. The Kier molecular flexibility index (Phi) is 6.99. The zero-order chi connectivity index (χ0) is 22.4. The molecule has 0 bridgehead atoms. The number of fused-ring (bicyclic) bond motifs is 1. The summed E-state index contributed by atoms with van der Waals surface area (Å²) >= 11 is 0. The van der Waals surface area contributed by atoms with Crippen molar-refractivity contribution in [3.8, 4) is 11.5 Å². The van der Waals surface area contributed by atoms with E-state index in [1.54, 1.807) is 38.1 Å². The number of benzene rings is 2. The predicted molar refractivity (Wildman–Crippen MR) is 113 cm³/mol. The summed E-state index contributed by atoms with van der Waals surface area (Å²) < 4.78 is 30.3. The van der Waals surface area contributed by atoms with Crippen LogP contribution in [-0.4, -0.2) is 49.4 Å². The Morgan fingerprint density at radius 2 is 1.94 bits per heavy atom. The molecule has 8 heteroatoms. The summed E-state index contributed by atoms with van der Waals surface area (Å²) in [5.41, 5.74) is 1.03. The number of hydrogen-bond acceptors (Lipinski definition) is 5. The van der Waals surface area contributed by atoms with Gasteiger partial charge in [0.05, 0.1) is 7.11 Å². The zero-order valence-corrected chi connectivity index (χ0v) is 17.9. The van der Waals surface area contributed by atoms with E-state index < -0.39 is 11.9 Å². The lowest BCUT2D eigenvalue weighted by Crippen LogP contribution is -2.44. The number of halogens is 1. The second-order valence-electron chi connectivity index (χ2n) is 7.68. The third-order valence-corrected chi connectivity index (χ3v) is 4.83. The van der Waals surface area contributed by atoms with Crippen molar-refractivity contribution in [1.29, 1.82) is 0 Å². The first-order valence-corrected chi connectivity index (χ1v) is 10.2. The van der Waals surface area contributed by atoms with Crippen molar-refractivity contribution in [2.45, 2.75) is 32.5 Å². The quantitative estimate of drug-likeness (QED) is 0.799. The minimum absolute atomic E-state index is 0.248. The van der Waals surface area contributed by atoms with Crippen LogP contribution in [-0.2, 0) is 11.2 Å². The average Bonchev–Trinajstić information content (AvgIpc) is 2.71. The van der Waals surface area contributed by atoms with Gasteiger partial charge in [0.15, 0.2) is 0 Å². The minimum Gasteiger partial charge on any atom is -0.496 e. The molecule has 0 atom stereocenters. The van der Waals surface area contributed by atoms with Crippen molar-refractivity contribution >= 4 is 12.0 Å². The van der Waals surface area contributed by atoms with Crippen molar-refractivity contribution in [2.75, 3.05) is 26.7 Å². The first-order chi connectivity index (χ1) is 14.8. The van der Waals surface area contributed by atoms with Crippen LogP contribution in [0, 0.1) is 5.82 Å². The number of nitrogens with zero attached hydrogens (tertiary/aromatic N) is 1. The maximum absolute atomic E-state index is 13.5. The van der Waals surface area contributed by atoms with Crippen molar-refractivity contribution in [3.63, 3.8) is 0 Å². The fourth-order valence-corrected chi connectivity index (χ4v) is 3.36. The van der Waals surface area contributed by atoms with Gasteiger partial charge in [-0.25, -0.2) is 9.18 Å². The van der Waals surface area contributed by atoms with Gasteiger partial charge in [0.2, 0.25) is 0 Å². The van der Waals surface area contributed by atoms with Gasteiger partial charge >= 0.3 is 6.09 Å². The summed E-state index contributed by atoms with van der Waals surface area (Å²) in [5, 5.41) is 2.85. The Morgan fingerprint density at radius 1 is 1.16 bits per heavy atom. The molecule has 0 saturated heterocycles. The third kappa shape index (κ3) is 5.87. The molecule has 0 spiro atoms. The van der Waals surface area contributed by atoms with Gasteiger partial charge in [-0.3, -0.25) is 4.79 Å². The Hall–Kier alpha value is -3.29. The second-order valence-corrected chi connectivity index (χ2v) is 7.68. The van der Waals surface area contributed by atoms with E-state index in [2.05, 4.69) is 5.32 Å². The van der Waals surface area contributed by atoms with Crippen LogP contribution in [0.5, 0.6) is 11.5 Å². The number of nitrogens with one attached hydrogen (secondary N) is 1. The maximum atomic E-state index is 13.5. The molecule has 0 radical (unpaired) electrons. The van der Waals surface area contributed by atoms with Gasteiger partial charge in [0, 0.05) is 33.5 Å². The van der Waals surface area contributed by atoms with E-state index in [4.69, 9.17) is 14.2 Å². The molecule has 3 rings (SSSR count). The van der Waals surface area contributed by atoms with Gasteiger partial charge in [-0.1, -0.05) is 18.2 Å². The smallest absolute Gasteiger partial charge is 0.413 e. The van der Waals surface area contributed by atoms with Crippen molar-refractivity contribution in [1.82, 2.24) is 10.2 Å². The summed E-state index contributed by atoms with van der Waals surface area (Å²) in [5.74, 6) is -1.37. The molecule has 1 aliphatic heterocycles. The van der Waals surface area contributed by atoms with Gasteiger partial charge in [-0.15, -0.1) is 0 Å². The number of amides is 2. The summed E-state index contributed by atoms with van der Waals surface area (Å²) in [7, 11) is 1.47. The molecule has 1 N–H and O–H groups in total. The minimum atomic E-state index is -1.34. The second kappa shape index (κ2) is 9.68. The highest BCUT2D eigenvalue weighted by Gasteiger charge is 2.31. The molecule has 7 nitrogen and oxygen atoms in total. The van der Waals surface area contributed by atoms with Gasteiger partial charge in [-0.2, -0.15) is 0 Å². The Labute approximate surface area is 181 Å². The van der Waals surface area contributed by atoms with Crippen LogP contribution in [0.4, 0.5) is 9.18 Å². The fourth-order valence-electron chi connectivity index (χ4n) is 3.36. The van der Waals surface area contributed by atoms with Crippen LogP contribution in [0.3, 0.4) is 0 Å². The summed E-state index contributed by atoms with van der Waals surface area (Å²) in [4.78, 5) is 27.2. The van der Waals surface area contributed by atoms with E-state index in [1.165, 1.54) is 24.1 Å². The van der Waals surface area contributed by atoms with E-state index in [0.29, 0.717) is 38.2 Å². The van der Waals surface area contributed by atoms with Gasteiger partial charge in [0.1, 0.15) is 22.9 Å². The molecular formula is C23H27FN2O5. The normalized spacial score (nSPS) is 16.7. The van der Waals surface area contributed by atoms with Crippen LogP contribution in [0.25, 0.3) is 0 Å². The fraction of sp³-hybridized carbons (Fsp3) is 0.391. The SMILES string of the molecule is COc1cccc2c1C(=O)NCCCN(CCc1cccc(F)c1)C(=O)OC(C)(C)O2. The Morgan fingerprint density at radius 3 is 2.68 bits per heavy atom. The zero-order valence-electron chi connectivity index (χ0n) is 17.9. The highest BCUT2D eigenvalue weighted by atomic mass is 19.1. The number of rotatable bonds is 4. The molecule has 0 aromatic heterocycles. The van der Waals surface area contributed by atoms with Crippen molar-refractivity contribution in [3.05, 3.63) is 59.4 Å². The summed E-state index contributed by atoms with van der Waals surface area (Å²) in [6.45, 7) is 4.26. The number of methoxy groups -OCH3 is 1. The van der Waals surface area contributed by atoms with Crippen LogP contribution in [0.1, 0.15) is 36.2 Å². The maximum Gasteiger partial charge on any atom is 0.413 e. The molecule has 2 aromatic carbocycles. The molecule has 31 heavy (non-hydrogen) atoms. The first kappa shape index (κ1) is 22.4. The molecule has 0 saturated carbocycles. The Balaban J connectivity index is 1.80. The lowest BCUT2D eigenvalue weighted by molar-refractivity contribution is -0.119. The molecular weight excluding hydrogens is 403 g/mol. The molecule has 0 aliphatic carbocycles. The standard InChI is InChI=1S/C23H27FN2O5/c1-23(2)30-19-10-5-9-18(29-3)20(19)21(27)25-12-6-13-26(22(28)31-23)14-11-16-7-4-8-17(24)15-16/h4-5,7-10,15H,6,11-14H2,1-3H3,(H,25,27). The van der Waals surface area contributed by atoms with E-state index in [1.807, 2.05) is 6.07 Å². The van der Waals surface area contributed by atoms with E-state index in [0.717, 1.165) is 5.56 Å². The lowest BCUT2D eigenvalue weighted by Gasteiger charge is -2.31. The van der Waals surface area contributed by atoms with Gasteiger partial charge in [0.25, 0.3) is 11.7 Å². The van der Waals surface area contributed by atoms with Crippen LogP contribution in [0.15, 0.2) is 42.5 Å². The topological polar surface area (TPSA) is 77.1 Å². The third-order valence-electron chi connectivity index (χ3n) is 4.83. The van der Waals surface area contributed by atoms with Gasteiger partial charge in [-0.05, 0) is 42.7 Å². The number of hydrogen-bond donors (Lipinski definition) is 1. The molecule has 1 aliphatic rings. The van der Waals surface area contributed by atoms with Crippen LogP contribution >= 0.6 is 0 Å². The molecule has 1 heterocycles. The van der Waals surface area contributed by atoms with Crippen LogP contribution < -0.4 is 14.8 Å². The van der Waals surface area contributed by atoms with Crippen molar-refractivity contribution in [2.24, 2.45) is 0 Å². The summed E-state index contributed by atoms with van der Waals surface area (Å²) in [6.07, 6.45) is 0.453. The average molecular weight is 430 g/mol. The highest BCUT2D eigenvalue weighted by molar-refractivity contribution is 5.99. The molecule has 0 unspecified atom stereocenters. The first-order valence-electron chi connectivity index (χ1n) is 10.2. The molecule has 2 aromatic rings. The number of cyclic esters (lactones) is 1. The largest absolute Gasteiger partial charge is 0.496 e. The number of carbonyl (C=O) groups excluding carboxylic acids is 2. The molecule has 166 valence electrons. The summed E-state index contributed by atoms with van der Waals surface area (Å²) in [6, 6.07) is 11.3. The van der Waals surface area contributed by atoms with Gasteiger partial charge < -0.3 is 24.4 Å².